The number of anilines is 1. The van der Waals surface area contributed by atoms with Crippen LogP contribution in [0.4, 0.5) is 10.5 Å². The maximum absolute atomic E-state index is 11.7. The van der Waals surface area contributed by atoms with Gasteiger partial charge in [-0.25, -0.2) is 4.79 Å². The van der Waals surface area contributed by atoms with Crippen molar-refractivity contribution in [2.75, 3.05) is 58.3 Å². The topological polar surface area (TPSA) is 78.4 Å². The normalized spacial score (nSPS) is 15.2. The molecule has 8 nitrogen and oxygen atoms in total. The van der Waals surface area contributed by atoms with Crippen LogP contribution in [0.5, 0.6) is 5.75 Å². The summed E-state index contributed by atoms with van der Waals surface area (Å²) in [7, 11) is 3.46. The number of piperazine rings is 1. The molecule has 0 radical (unpaired) electrons. The lowest BCUT2D eigenvalue weighted by Gasteiger charge is -2.37. The molecule has 1 amide bonds. The van der Waals surface area contributed by atoms with Crippen LogP contribution in [0.15, 0.2) is 29.3 Å². The van der Waals surface area contributed by atoms with Crippen LogP contribution in [0.1, 0.15) is 20.8 Å². The average Bonchev–Trinajstić information content (AvgIpc) is 2.67. The molecule has 28 heavy (non-hydrogen) atoms. The second kappa shape index (κ2) is 10.1. The highest BCUT2D eigenvalue weighted by atomic mass is 16.6. The smallest absolute Gasteiger partial charge is 0.407 e. The molecule has 1 heterocycles. The first kappa shape index (κ1) is 21.7. The van der Waals surface area contributed by atoms with Gasteiger partial charge in [0.25, 0.3) is 0 Å². The van der Waals surface area contributed by atoms with Gasteiger partial charge in [0.1, 0.15) is 11.4 Å². The molecule has 0 unspecified atom stereocenters. The summed E-state index contributed by atoms with van der Waals surface area (Å²) >= 11 is 0. The number of nitrogens with one attached hydrogen (secondary N) is 2. The number of carbonyl (C=O) groups is 1. The number of ether oxygens (including phenoxy) is 2. The largest absolute Gasteiger partial charge is 0.497 e. The Balaban J connectivity index is 1.75. The number of aliphatic imine (C=N–C) groups is 1. The number of rotatable bonds is 5. The molecule has 0 aromatic heterocycles. The van der Waals surface area contributed by atoms with Crippen LogP contribution in [0.2, 0.25) is 0 Å². The van der Waals surface area contributed by atoms with E-state index in [0.29, 0.717) is 13.1 Å². The zero-order chi connectivity index (χ0) is 20.6. The summed E-state index contributed by atoms with van der Waals surface area (Å²) in [6.07, 6.45) is -0.406. The van der Waals surface area contributed by atoms with Crippen LogP contribution in [0.25, 0.3) is 0 Å². The van der Waals surface area contributed by atoms with Crippen LogP contribution in [0, 0.1) is 0 Å². The lowest BCUT2D eigenvalue weighted by Crippen LogP contribution is -2.53. The monoisotopic (exact) mass is 391 g/mol. The van der Waals surface area contributed by atoms with E-state index in [-0.39, 0.29) is 0 Å². The minimum absolute atomic E-state index is 0.406. The van der Waals surface area contributed by atoms with Crippen molar-refractivity contribution in [1.29, 1.82) is 0 Å². The number of hydrogen-bond acceptors (Lipinski definition) is 5. The van der Waals surface area contributed by atoms with E-state index in [1.54, 1.807) is 14.2 Å². The molecule has 2 N–H and O–H groups in total. The van der Waals surface area contributed by atoms with Gasteiger partial charge in [0, 0.05) is 58.1 Å². The number of amides is 1. The molecule has 1 aliphatic heterocycles. The summed E-state index contributed by atoms with van der Waals surface area (Å²) in [5.41, 5.74) is 0.680. The quantitative estimate of drug-likeness (QED) is 0.454. The number of alkyl carbamates (subject to hydrolysis) is 1. The number of nitrogens with zero attached hydrogens (tertiary/aromatic N) is 3. The molecule has 0 bridgehead atoms. The molecule has 1 aromatic rings. The van der Waals surface area contributed by atoms with E-state index in [2.05, 4.69) is 37.6 Å². The molecule has 1 aromatic carbocycles. The summed E-state index contributed by atoms with van der Waals surface area (Å²) < 4.78 is 10.5. The number of methoxy groups -OCH3 is 1. The van der Waals surface area contributed by atoms with Gasteiger partial charge in [0.15, 0.2) is 5.96 Å². The van der Waals surface area contributed by atoms with Gasteiger partial charge >= 0.3 is 6.09 Å². The molecule has 0 aliphatic carbocycles. The third-order valence-corrected chi connectivity index (χ3v) is 4.29. The van der Waals surface area contributed by atoms with Crippen LogP contribution in [-0.2, 0) is 4.74 Å². The zero-order valence-electron chi connectivity index (χ0n) is 17.6. The van der Waals surface area contributed by atoms with Crippen molar-refractivity contribution in [1.82, 2.24) is 15.5 Å². The van der Waals surface area contributed by atoms with E-state index in [1.165, 1.54) is 5.69 Å². The zero-order valence-corrected chi connectivity index (χ0v) is 17.6. The molecular formula is C20H33N5O3. The predicted molar refractivity (Wildman–Crippen MR) is 112 cm³/mol. The molecule has 1 saturated heterocycles. The molecule has 0 atom stereocenters. The minimum atomic E-state index is -0.490. The lowest BCUT2D eigenvalue weighted by molar-refractivity contribution is 0.0529. The standard InChI is InChI=1S/C20H33N5O3/c1-20(2,3)28-19(26)23-10-9-22-18(21-4)25-13-11-24(12-14-25)16-7-6-8-17(15-16)27-5/h6-8,15H,9-14H2,1-5H3,(H,21,22)(H,23,26). The Morgan fingerprint density at radius 1 is 1.14 bits per heavy atom. The van der Waals surface area contributed by atoms with E-state index in [4.69, 9.17) is 9.47 Å². The Hall–Kier alpha value is -2.64. The van der Waals surface area contributed by atoms with Crippen LogP contribution in [0.3, 0.4) is 0 Å². The summed E-state index contributed by atoms with van der Waals surface area (Å²) in [5, 5.41) is 6.04. The SMILES string of the molecule is CN=C(NCCNC(=O)OC(C)(C)C)N1CCN(c2cccc(OC)c2)CC1. The predicted octanol–water partition coefficient (Wildman–Crippen LogP) is 1.92. The maximum Gasteiger partial charge on any atom is 0.407 e. The Morgan fingerprint density at radius 3 is 2.43 bits per heavy atom. The van der Waals surface area contributed by atoms with Gasteiger partial charge in [-0.05, 0) is 32.9 Å². The van der Waals surface area contributed by atoms with Crippen molar-refractivity contribution < 1.29 is 14.3 Å². The number of carbonyl (C=O) groups excluding carboxylic acids is 1. The van der Waals surface area contributed by atoms with Crippen molar-refractivity contribution >= 4 is 17.7 Å². The second-order valence-corrected chi connectivity index (χ2v) is 7.58. The van der Waals surface area contributed by atoms with Gasteiger partial charge < -0.3 is 29.9 Å². The van der Waals surface area contributed by atoms with E-state index in [0.717, 1.165) is 37.9 Å². The van der Waals surface area contributed by atoms with E-state index in [9.17, 15) is 4.79 Å². The second-order valence-electron chi connectivity index (χ2n) is 7.58. The molecular weight excluding hydrogens is 358 g/mol. The molecule has 1 fully saturated rings. The van der Waals surface area contributed by atoms with E-state index < -0.39 is 11.7 Å². The first-order valence-corrected chi connectivity index (χ1v) is 9.64. The van der Waals surface area contributed by atoms with E-state index >= 15 is 0 Å². The Morgan fingerprint density at radius 2 is 1.82 bits per heavy atom. The van der Waals surface area contributed by atoms with Crippen molar-refractivity contribution in [2.45, 2.75) is 26.4 Å². The molecule has 0 saturated carbocycles. The molecule has 156 valence electrons. The van der Waals surface area contributed by atoms with Crippen LogP contribution >= 0.6 is 0 Å². The van der Waals surface area contributed by atoms with Gasteiger partial charge in [0.05, 0.1) is 7.11 Å². The van der Waals surface area contributed by atoms with Gasteiger partial charge in [-0.3, -0.25) is 4.99 Å². The molecule has 2 rings (SSSR count). The minimum Gasteiger partial charge on any atom is -0.497 e. The Bertz CT molecular complexity index is 664. The van der Waals surface area contributed by atoms with Gasteiger partial charge in [-0.15, -0.1) is 0 Å². The number of benzene rings is 1. The highest BCUT2D eigenvalue weighted by molar-refractivity contribution is 5.80. The molecule has 0 spiro atoms. The number of guanidine groups is 1. The maximum atomic E-state index is 11.7. The van der Waals surface area contributed by atoms with Crippen molar-refractivity contribution in [2.24, 2.45) is 4.99 Å². The van der Waals surface area contributed by atoms with Crippen LogP contribution < -0.4 is 20.3 Å². The van der Waals surface area contributed by atoms with E-state index in [1.807, 2.05) is 32.9 Å². The van der Waals surface area contributed by atoms with Crippen molar-refractivity contribution in [3.63, 3.8) is 0 Å². The third-order valence-electron chi connectivity index (χ3n) is 4.29. The average molecular weight is 392 g/mol. The summed E-state index contributed by atoms with van der Waals surface area (Å²) in [5.74, 6) is 1.71. The summed E-state index contributed by atoms with van der Waals surface area (Å²) in [4.78, 5) is 20.6. The number of hydrogen-bond donors (Lipinski definition) is 2. The highest BCUT2D eigenvalue weighted by Crippen LogP contribution is 2.22. The first-order chi connectivity index (χ1) is 13.3. The summed E-state index contributed by atoms with van der Waals surface area (Å²) in [6, 6.07) is 8.13. The van der Waals surface area contributed by atoms with Crippen molar-refractivity contribution in [3.8, 4) is 5.75 Å². The summed E-state index contributed by atoms with van der Waals surface area (Å²) in [6.45, 7) is 10.1. The fraction of sp³-hybridized carbons (Fsp3) is 0.600. The van der Waals surface area contributed by atoms with Crippen molar-refractivity contribution in [3.05, 3.63) is 24.3 Å². The van der Waals surface area contributed by atoms with Gasteiger partial charge in [0.2, 0.25) is 0 Å². The highest BCUT2D eigenvalue weighted by Gasteiger charge is 2.20. The lowest BCUT2D eigenvalue weighted by atomic mass is 10.2. The third kappa shape index (κ3) is 6.83. The molecule has 8 heteroatoms. The van der Waals surface area contributed by atoms with Crippen LogP contribution in [-0.4, -0.2) is 76.0 Å². The fourth-order valence-corrected chi connectivity index (χ4v) is 2.97. The Labute approximate surface area is 167 Å². The Kier molecular flexibility index (Phi) is 7.78. The molecule has 1 aliphatic rings. The fourth-order valence-electron chi connectivity index (χ4n) is 2.97. The van der Waals surface area contributed by atoms with Gasteiger partial charge in [-0.2, -0.15) is 0 Å². The van der Waals surface area contributed by atoms with Gasteiger partial charge in [-0.1, -0.05) is 6.07 Å². The first-order valence-electron chi connectivity index (χ1n) is 9.64.